The first-order chi connectivity index (χ1) is 27.7. The van der Waals surface area contributed by atoms with Crippen LogP contribution in [0.4, 0.5) is 10.5 Å². The van der Waals surface area contributed by atoms with Crippen LogP contribution in [0.1, 0.15) is 76.1 Å². The second-order valence-electron chi connectivity index (χ2n) is 15.1. The van der Waals surface area contributed by atoms with Crippen molar-refractivity contribution in [1.29, 1.82) is 0 Å². The number of anilines is 1. The number of nitrogens with two attached hydrogens (primary N) is 2. The third-order valence-corrected chi connectivity index (χ3v) is 10.3. The first-order valence-corrected chi connectivity index (χ1v) is 19.4. The van der Waals surface area contributed by atoms with Gasteiger partial charge in [0, 0.05) is 34.8 Å². The Morgan fingerprint density at radius 2 is 1.76 bits per heavy atom. The molecular formula is C42H50N8O8. The average Bonchev–Trinajstić information content (AvgIpc) is 3.55. The first-order valence-electron chi connectivity index (χ1n) is 19.4. The number of para-hydroxylation sites is 1. The van der Waals surface area contributed by atoms with Gasteiger partial charge < -0.3 is 46.2 Å². The van der Waals surface area contributed by atoms with Crippen LogP contribution >= 0.6 is 0 Å². The number of aromatic nitrogens is 2. The summed E-state index contributed by atoms with van der Waals surface area (Å²) < 4.78 is 18.3. The van der Waals surface area contributed by atoms with Crippen molar-refractivity contribution in [3.8, 4) is 11.4 Å². The van der Waals surface area contributed by atoms with Gasteiger partial charge in [0.2, 0.25) is 17.4 Å². The van der Waals surface area contributed by atoms with Crippen molar-refractivity contribution in [2.45, 2.75) is 97.4 Å². The molecule has 0 fully saturated rings. The number of esters is 1. The van der Waals surface area contributed by atoms with Crippen LogP contribution in [0.5, 0.6) is 0 Å². The Morgan fingerprint density at radius 1 is 1.02 bits per heavy atom. The van der Waals surface area contributed by atoms with Crippen LogP contribution in [-0.2, 0) is 54.0 Å². The summed E-state index contributed by atoms with van der Waals surface area (Å²) in [5.41, 5.74) is 12.8. The minimum Gasteiger partial charge on any atom is -0.457 e. The fourth-order valence-corrected chi connectivity index (χ4v) is 7.27. The summed E-state index contributed by atoms with van der Waals surface area (Å²) in [4.78, 5) is 76.1. The van der Waals surface area contributed by atoms with Gasteiger partial charge in [0.05, 0.1) is 35.1 Å². The smallest absolute Gasteiger partial charge is 0.457 e. The summed E-state index contributed by atoms with van der Waals surface area (Å²) in [5, 5.41) is 9.92. The predicted molar refractivity (Wildman–Crippen MR) is 217 cm³/mol. The van der Waals surface area contributed by atoms with Gasteiger partial charge in [-0.3, -0.25) is 19.4 Å². The lowest BCUT2D eigenvalue weighted by molar-refractivity contribution is -0.175. The van der Waals surface area contributed by atoms with Gasteiger partial charge in [-0.15, -0.1) is 0 Å². The maximum Gasteiger partial charge on any atom is 0.510 e. The van der Waals surface area contributed by atoms with Crippen molar-refractivity contribution < 1.29 is 33.4 Å². The fraction of sp³-hybridized carbons (Fsp3) is 0.405. The molecule has 16 heteroatoms. The van der Waals surface area contributed by atoms with Crippen molar-refractivity contribution in [2.75, 3.05) is 11.9 Å². The van der Waals surface area contributed by atoms with E-state index in [1.165, 1.54) is 0 Å². The number of aliphatic imine (C=N–C) groups is 1. The Morgan fingerprint density at radius 3 is 2.45 bits per heavy atom. The molecule has 58 heavy (non-hydrogen) atoms. The molecule has 306 valence electrons. The number of ether oxygens (including phenoxy) is 3. The van der Waals surface area contributed by atoms with E-state index in [9.17, 15) is 24.0 Å². The summed E-state index contributed by atoms with van der Waals surface area (Å²) in [7, 11) is 0. The molecule has 2 aromatic heterocycles. The number of nitrogens with zero attached hydrogens (tertiary/aromatic N) is 3. The quantitative estimate of drug-likeness (QED) is 0.0439. The number of carbonyl (C=O) groups is 4. The van der Waals surface area contributed by atoms with E-state index in [1.807, 2.05) is 58.0 Å². The van der Waals surface area contributed by atoms with E-state index < -0.39 is 35.7 Å². The number of cyclic esters (lactones) is 1. The van der Waals surface area contributed by atoms with Crippen LogP contribution < -0.4 is 33.0 Å². The number of carbonyl (C=O) groups excluding carboxylic acids is 4. The number of fused-ring (bicyclic) bond motifs is 5. The lowest BCUT2D eigenvalue weighted by atomic mass is 9.85. The largest absolute Gasteiger partial charge is 0.510 e. The second kappa shape index (κ2) is 17.5. The highest BCUT2D eigenvalue weighted by molar-refractivity contribution is 5.98. The number of pyridine rings is 2. The zero-order valence-electron chi connectivity index (χ0n) is 33.3. The minimum absolute atomic E-state index is 0.0225. The van der Waals surface area contributed by atoms with Gasteiger partial charge in [-0.25, -0.2) is 14.6 Å². The van der Waals surface area contributed by atoms with Crippen molar-refractivity contribution >= 4 is 46.5 Å². The molecular weight excluding hydrogens is 745 g/mol. The number of hydrogen-bond donors (Lipinski definition) is 5. The van der Waals surface area contributed by atoms with Crippen molar-refractivity contribution in [3.05, 3.63) is 93.3 Å². The van der Waals surface area contributed by atoms with Gasteiger partial charge in [-0.2, -0.15) is 0 Å². The third-order valence-electron chi connectivity index (χ3n) is 10.3. The van der Waals surface area contributed by atoms with E-state index in [0.29, 0.717) is 35.6 Å². The van der Waals surface area contributed by atoms with Crippen molar-refractivity contribution in [2.24, 2.45) is 22.4 Å². The SMILES string of the molecule is CC[C@@]1(OC(=O)OCc2ccc(NC(=O)[C@H](CCCN=C(N)N)NC(=O)[C@@H](NC(C)C)C(C)C)cc2)C(=O)OCc2c1cc1n(c2=O)Cc2cc3ccccc3nc2-1. The number of guanidine groups is 1. The monoisotopic (exact) mass is 794 g/mol. The van der Waals surface area contributed by atoms with Crippen molar-refractivity contribution in [3.63, 3.8) is 0 Å². The molecule has 4 heterocycles. The molecule has 0 radical (unpaired) electrons. The van der Waals surface area contributed by atoms with E-state index >= 15 is 0 Å². The van der Waals surface area contributed by atoms with Gasteiger partial charge in [-0.05, 0) is 61.1 Å². The third kappa shape index (κ3) is 8.81. The van der Waals surface area contributed by atoms with Gasteiger partial charge in [-0.1, -0.05) is 65.0 Å². The van der Waals surface area contributed by atoms with E-state index in [0.717, 1.165) is 16.5 Å². The van der Waals surface area contributed by atoms with Crippen LogP contribution in [0, 0.1) is 5.92 Å². The van der Waals surface area contributed by atoms with Crippen LogP contribution in [0.15, 0.2) is 70.5 Å². The molecule has 4 aromatic rings. The molecule has 6 rings (SSSR count). The molecule has 0 saturated heterocycles. The summed E-state index contributed by atoms with van der Waals surface area (Å²) >= 11 is 0. The fourth-order valence-electron chi connectivity index (χ4n) is 7.27. The minimum atomic E-state index is -1.93. The lowest BCUT2D eigenvalue weighted by Crippen LogP contribution is -2.54. The summed E-state index contributed by atoms with van der Waals surface area (Å²) in [6.07, 6.45) is -0.437. The molecule has 0 bridgehead atoms. The zero-order chi connectivity index (χ0) is 41.7. The number of benzene rings is 2. The Hall–Kier alpha value is -6.29. The summed E-state index contributed by atoms with van der Waals surface area (Å²) in [6.45, 7) is 9.50. The Kier molecular flexibility index (Phi) is 12.4. The Balaban J connectivity index is 1.13. The van der Waals surface area contributed by atoms with Crippen LogP contribution in [0.25, 0.3) is 22.3 Å². The number of nitrogens with one attached hydrogen (secondary N) is 3. The molecule has 2 amide bonds. The molecule has 2 aliphatic heterocycles. The zero-order valence-corrected chi connectivity index (χ0v) is 33.3. The van der Waals surface area contributed by atoms with Gasteiger partial charge in [0.25, 0.3) is 5.56 Å². The molecule has 2 aliphatic rings. The number of rotatable bonds is 15. The highest BCUT2D eigenvalue weighted by Gasteiger charge is 2.51. The van der Waals surface area contributed by atoms with Gasteiger partial charge in [0.1, 0.15) is 19.3 Å². The Bertz CT molecular complexity index is 2300. The number of hydrogen-bond acceptors (Lipinski definition) is 11. The molecule has 2 aromatic carbocycles. The van der Waals surface area contributed by atoms with E-state index in [-0.39, 0.29) is 73.1 Å². The second-order valence-corrected chi connectivity index (χ2v) is 15.1. The molecule has 7 N–H and O–H groups in total. The molecule has 0 unspecified atom stereocenters. The lowest BCUT2D eigenvalue weighted by Gasteiger charge is -2.35. The molecule has 16 nitrogen and oxygen atoms in total. The van der Waals surface area contributed by atoms with Crippen molar-refractivity contribution in [1.82, 2.24) is 20.2 Å². The molecule has 0 saturated carbocycles. The van der Waals surface area contributed by atoms with Crippen LogP contribution in [-0.4, -0.2) is 64.1 Å². The first kappa shape index (κ1) is 41.3. The summed E-state index contributed by atoms with van der Waals surface area (Å²) in [6, 6.07) is 16.6. The topological polar surface area (TPSA) is 231 Å². The Labute approximate surface area is 335 Å². The summed E-state index contributed by atoms with van der Waals surface area (Å²) in [5.74, 6) is -1.63. The normalized spacial score (nSPS) is 16.4. The van der Waals surface area contributed by atoms with Gasteiger partial charge in [0.15, 0.2) is 5.96 Å². The maximum atomic E-state index is 13.8. The van der Waals surface area contributed by atoms with Crippen LogP contribution in [0.2, 0.25) is 0 Å². The van der Waals surface area contributed by atoms with Gasteiger partial charge >= 0.3 is 12.1 Å². The highest BCUT2D eigenvalue weighted by atomic mass is 16.7. The van der Waals surface area contributed by atoms with E-state index in [2.05, 4.69) is 20.9 Å². The number of amides is 2. The molecule has 3 atom stereocenters. The average molecular weight is 795 g/mol. The highest BCUT2D eigenvalue weighted by Crippen LogP contribution is 2.41. The molecule has 0 spiro atoms. The molecule has 0 aliphatic carbocycles. The maximum absolute atomic E-state index is 13.8. The predicted octanol–water partition coefficient (Wildman–Crippen LogP) is 3.94. The van der Waals surface area contributed by atoms with Crippen LogP contribution in [0.3, 0.4) is 0 Å². The van der Waals surface area contributed by atoms with E-state index in [4.69, 9.17) is 30.7 Å². The van der Waals surface area contributed by atoms with E-state index in [1.54, 1.807) is 41.8 Å². The standard InChI is InChI=1S/C42H50N8O8/c1-6-42(30-19-33-35-27(18-26-10-7-8-11-31(26)48-35)20-50(33)38(53)29(30)22-56-39(42)54)58-41(55)57-21-25-13-15-28(16-14-25)47-36(51)32(12-9-17-45-40(43)44)49-37(52)34(23(2)3)46-24(4)5/h7-8,10-11,13-16,18-19,23-24,32,34,46H,6,9,12,17,20-22H2,1-5H3,(H,47,51)(H,49,52)(H4,43,44,45)/t32-,34-,42-/m0/s1.